The molecular formula is C19H29N4O5+. The summed E-state index contributed by atoms with van der Waals surface area (Å²) in [6, 6.07) is 0. The first-order valence-corrected chi connectivity index (χ1v) is 9.92. The Balaban J connectivity index is 2.23. The van der Waals surface area contributed by atoms with Gasteiger partial charge in [-0.1, -0.05) is 18.9 Å². The maximum atomic E-state index is 12.6. The largest absolute Gasteiger partial charge is 0.300 e. The summed E-state index contributed by atoms with van der Waals surface area (Å²) < 4.78 is 0. The van der Waals surface area contributed by atoms with Crippen molar-refractivity contribution >= 4 is 23.1 Å². The van der Waals surface area contributed by atoms with Gasteiger partial charge in [0.05, 0.1) is 4.91 Å². The Bertz CT molecular complexity index is 646. The van der Waals surface area contributed by atoms with Crippen LogP contribution in [0.15, 0.2) is 12.3 Å². The third kappa shape index (κ3) is 7.98. The molecule has 0 aromatic carbocycles. The number of hydrogen-bond acceptors (Lipinski definition) is 6. The first kappa shape index (κ1) is 21.7. The van der Waals surface area contributed by atoms with E-state index in [1.54, 1.807) is 6.20 Å². The molecule has 2 aliphatic heterocycles. The lowest BCUT2D eigenvalue weighted by atomic mass is 9.88. The fraction of sp³-hybridized carbons (Fsp3) is 0.684. The Labute approximate surface area is 164 Å². The molecule has 1 saturated heterocycles. The third-order valence-corrected chi connectivity index (χ3v) is 4.96. The van der Waals surface area contributed by atoms with Crippen molar-refractivity contribution in [3.05, 3.63) is 17.2 Å². The molecule has 1 unspecified atom stereocenters. The van der Waals surface area contributed by atoms with Crippen LogP contribution in [-0.4, -0.2) is 46.2 Å². The molecule has 0 amide bonds. The van der Waals surface area contributed by atoms with Crippen molar-refractivity contribution in [2.24, 2.45) is 5.92 Å². The molecule has 0 aromatic rings. The van der Waals surface area contributed by atoms with Crippen LogP contribution < -0.4 is 11.0 Å². The van der Waals surface area contributed by atoms with Crippen LogP contribution in [0.25, 0.3) is 0 Å². The molecule has 0 spiro atoms. The summed E-state index contributed by atoms with van der Waals surface area (Å²) in [6.07, 6.45) is 7.93. The summed E-state index contributed by atoms with van der Waals surface area (Å²) in [5.41, 5.74) is 4.83. The molecule has 2 aliphatic rings. The maximum Gasteiger partial charge on any atom is 0.266 e. The Hall–Kier alpha value is -2.58. The number of carbonyl (C=O) groups is 4. The molecule has 28 heavy (non-hydrogen) atoms. The lowest BCUT2D eigenvalue weighted by Gasteiger charge is -2.16. The lowest BCUT2D eigenvalue weighted by Crippen LogP contribution is -2.49. The molecule has 2 bridgehead atoms. The van der Waals surface area contributed by atoms with E-state index in [4.69, 9.17) is 0 Å². The quantitative estimate of drug-likeness (QED) is 0.592. The van der Waals surface area contributed by atoms with Crippen LogP contribution >= 0.6 is 0 Å². The van der Waals surface area contributed by atoms with Crippen LogP contribution in [-0.2, 0) is 19.2 Å². The number of rotatable bonds is 0. The normalized spacial score (nSPS) is 24.5. The van der Waals surface area contributed by atoms with Crippen molar-refractivity contribution in [2.75, 3.05) is 13.1 Å². The summed E-state index contributed by atoms with van der Waals surface area (Å²) in [5, 5.41) is 1.34. The minimum Gasteiger partial charge on any atom is -0.300 e. The molecule has 0 aliphatic carbocycles. The van der Waals surface area contributed by atoms with Crippen LogP contribution in [0, 0.1) is 10.8 Å². The molecule has 154 valence electrons. The van der Waals surface area contributed by atoms with Gasteiger partial charge in [-0.25, -0.2) is 5.01 Å². The maximum absolute atomic E-state index is 12.6. The number of Topliss-reactive ketones (excluding diaryl/α,β-unsaturated/α-hetero) is 4. The minimum absolute atomic E-state index is 0.0342. The monoisotopic (exact) mass is 393 g/mol. The molecule has 0 aromatic heterocycles. The summed E-state index contributed by atoms with van der Waals surface area (Å²) >= 11 is 0. The van der Waals surface area contributed by atoms with Gasteiger partial charge in [0.2, 0.25) is 0 Å². The van der Waals surface area contributed by atoms with Crippen molar-refractivity contribution in [1.82, 2.24) is 16.0 Å². The van der Waals surface area contributed by atoms with Gasteiger partial charge in [-0.05, 0) is 24.8 Å². The Morgan fingerprint density at radius 2 is 1.68 bits per heavy atom. The SMILES string of the molecule is O=C1CCC(=O)C2CCCCCC=CN(CC(=O)CCC(=O)C2)N[N+](=O)NC1. The van der Waals surface area contributed by atoms with Gasteiger partial charge in [-0.15, -0.1) is 5.43 Å². The molecule has 9 heteroatoms. The summed E-state index contributed by atoms with van der Waals surface area (Å²) in [5.74, 6) is -1.06. The van der Waals surface area contributed by atoms with Gasteiger partial charge in [0.15, 0.2) is 11.6 Å². The highest BCUT2D eigenvalue weighted by atomic mass is 16.4. The van der Waals surface area contributed by atoms with Gasteiger partial charge in [0.1, 0.15) is 24.7 Å². The summed E-state index contributed by atoms with van der Waals surface area (Å²) in [7, 11) is 0. The number of nitrogens with zero attached hydrogens (tertiary/aromatic N) is 2. The lowest BCUT2D eigenvalue weighted by molar-refractivity contribution is -0.682. The standard InChI is InChI=1S/C19H29N4O5/c24-16-7-8-18(26)14-22-11-5-3-1-2-4-6-15(12-16)19(27)10-9-17(25)13-20-23(28)21-22/h5,11,15H,1-4,6-10,12-14H2,(H2,20,21,28)/q+1. The zero-order valence-electron chi connectivity index (χ0n) is 16.2. The van der Waals surface area contributed by atoms with Crippen molar-refractivity contribution in [3.8, 4) is 0 Å². The first-order chi connectivity index (χ1) is 13.4. The van der Waals surface area contributed by atoms with Gasteiger partial charge < -0.3 is 0 Å². The number of carbonyl (C=O) groups excluding carboxylic acids is 4. The third-order valence-electron chi connectivity index (χ3n) is 4.96. The number of nitroso groups, excluding NO2 is 1. The van der Waals surface area contributed by atoms with Crippen LogP contribution in [0.1, 0.15) is 64.2 Å². The van der Waals surface area contributed by atoms with E-state index in [2.05, 4.69) is 11.0 Å². The highest BCUT2D eigenvalue weighted by molar-refractivity contribution is 5.92. The van der Waals surface area contributed by atoms with E-state index in [0.29, 0.717) is 6.42 Å². The minimum atomic E-state index is -0.397. The van der Waals surface area contributed by atoms with E-state index < -0.39 is 5.92 Å². The van der Waals surface area contributed by atoms with Gasteiger partial charge in [-0.3, -0.25) is 19.2 Å². The van der Waals surface area contributed by atoms with E-state index in [0.717, 1.165) is 25.7 Å². The average molecular weight is 393 g/mol. The average Bonchev–Trinajstić information content (AvgIpc) is 2.66. The summed E-state index contributed by atoms with van der Waals surface area (Å²) in [4.78, 5) is 61.3. The second-order valence-electron chi connectivity index (χ2n) is 7.36. The van der Waals surface area contributed by atoms with Gasteiger partial charge >= 0.3 is 0 Å². The number of ketones is 4. The second-order valence-corrected chi connectivity index (χ2v) is 7.36. The summed E-state index contributed by atoms with van der Waals surface area (Å²) in [6.45, 7) is -0.306. The van der Waals surface area contributed by atoms with E-state index >= 15 is 0 Å². The highest BCUT2D eigenvalue weighted by Gasteiger charge is 2.24. The first-order valence-electron chi connectivity index (χ1n) is 9.92. The van der Waals surface area contributed by atoms with E-state index in [-0.39, 0.29) is 73.3 Å². The molecule has 2 rings (SSSR count). The predicted octanol–water partition coefficient (Wildman–Crippen LogP) is 1.33. The van der Waals surface area contributed by atoms with Gasteiger partial charge in [0, 0.05) is 44.2 Å². The molecule has 0 saturated carbocycles. The van der Waals surface area contributed by atoms with Crippen molar-refractivity contribution < 1.29 is 24.2 Å². The topological polar surface area (TPSA) is 116 Å². The zero-order chi connectivity index (χ0) is 20.4. The van der Waals surface area contributed by atoms with Crippen molar-refractivity contribution in [1.29, 1.82) is 0 Å². The Morgan fingerprint density at radius 1 is 0.929 bits per heavy atom. The van der Waals surface area contributed by atoms with Crippen LogP contribution in [0.2, 0.25) is 0 Å². The van der Waals surface area contributed by atoms with Crippen LogP contribution in [0.5, 0.6) is 0 Å². The molecule has 0 radical (unpaired) electrons. The number of nitrogens with one attached hydrogen (secondary N) is 2. The number of allylic oxidation sites excluding steroid dienone is 1. The molecule has 1 fully saturated rings. The molecule has 1 atom stereocenters. The smallest absolute Gasteiger partial charge is 0.266 e. The Morgan fingerprint density at radius 3 is 2.50 bits per heavy atom. The number of fused-ring (bicyclic) bond motifs is 7. The molecule has 9 nitrogen and oxygen atoms in total. The van der Waals surface area contributed by atoms with Gasteiger partial charge in [0.25, 0.3) is 4.98 Å². The highest BCUT2D eigenvalue weighted by Crippen LogP contribution is 2.20. The van der Waals surface area contributed by atoms with E-state index in [9.17, 15) is 24.1 Å². The van der Waals surface area contributed by atoms with Crippen molar-refractivity contribution in [2.45, 2.75) is 64.2 Å². The van der Waals surface area contributed by atoms with E-state index in [1.165, 1.54) is 5.01 Å². The fourth-order valence-corrected chi connectivity index (χ4v) is 3.32. The number of hydrogen-bond donors (Lipinski definition) is 2. The van der Waals surface area contributed by atoms with Crippen LogP contribution in [0.4, 0.5) is 0 Å². The molecular weight excluding hydrogens is 364 g/mol. The zero-order valence-corrected chi connectivity index (χ0v) is 16.2. The fourth-order valence-electron chi connectivity index (χ4n) is 3.32. The van der Waals surface area contributed by atoms with Crippen molar-refractivity contribution in [3.63, 3.8) is 0 Å². The predicted molar refractivity (Wildman–Crippen MR) is 100 cm³/mol. The Kier molecular flexibility index (Phi) is 8.77. The van der Waals surface area contributed by atoms with Crippen LogP contribution in [0.3, 0.4) is 0 Å². The number of hydrazine groups is 3. The van der Waals surface area contributed by atoms with E-state index in [1.807, 2.05) is 6.08 Å². The van der Waals surface area contributed by atoms with Gasteiger partial charge in [-0.2, -0.15) is 0 Å². The molecule has 2 heterocycles. The molecule has 2 N–H and O–H groups in total. The second kappa shape index (κ2) is 11.3.